The summed E-state index contributed by atoms with van der Waals surface area (Å²) in [4.78, 5) is 0. The lowest BCUT2D eigenvalue weighted by Crippen LogP contribution is -2.16. The summed E-state index contributed by atoms with van der Waals surface area (Å²) in [5, 5.41) is 6.69. The second-order valence-electron chi connectivity index (χ2n) is 9.27. The smallest absolute Gasteiger partial charge is 0.199 e. The Bertz CT molecular complexity index is 233. The van der Waals surface area contributed by atoms with Crippen LogP contribution in [0.1, 0.15) is 156 Å². The maximum absolute atomic E-state index is 3.57. The van der Waals surface area contributed by atoms with Crippen molar-refractivity contribution < 1.29 is 0 Å². The fourth-order valence-electron chi connectivity index (χ4n) is 3.76. The van der Waals surface area contributed by atoms with Crippen LogP contribution in [0.2, 0.25) is 10.6 Å². The van der Waals surface area contributed by atoms with E-state index in [1.807, 2.05) is 0 Å². The lowest BCUT2D eigenvalue weighted by Gasteiger charge is -2.04. The Morgan fingerprint density at radius 3 is 1.03 bits per heavy atom. The topological polar surface area (TPSA) is 12.0 Å². The van der Waals surface area contributed by atoms with E-state index in [4.69, 9.17) is 0 Å². The van der Waals surface area contributed by atoms with Crippen LogP contribution >= 0.6 is 0 Å². The van der Waals surface area contributed by atoms with Gasteiger partial charge in [-0.3, -0.25) is 0 Å². The summed E-state index contributed by atoms with van der Waals surface area (Å²) in [6, 6.07) is 0. The number of nitrogens with one attached hydrogen (secondary N) is 1. The molecule has 0 aliphatic rings. The Kier molecular flexibility index (Phi) is 37.2. The van der Waals surface area contributed by atoms with E-state index in [0.717, 1.165) is 15.2 Å². The first-order valence-electron chi connectivity index (χ1n) is 14.4. The molecule has 30 heavy (non-hydrogen) atoms. The number of hydrogen-bond donors (Lipinski definition) is 1. The molecule has 0 bridgehead atoms. The average Bonchev–Trinajstić information content (AvgIpc) is 2.76. The lowest BCUT2D eigenvalue weighted by atomic mass is 10.1. The zero-order valence-electron chi connectivity index (χ0n) is 22.0. The normalized spacial score (nSPS) is 10.7. The predicted octanol–water partition coefficient (Wildman–Crippen LogP) is 9.98. The Balaban J connectivity index is 0. The molecule has 0 unspecified atom stereocenters. The summed E-state index contributed by atoms with van der Waals surface area (Å²) in [6.07, 6.45) is 28.6. The van der Waals surface area contributed by atoms with Gasteiger partial charge in [0.15, 0.2) is 15.2 Å². The molecule has 0 aromatic carbocycles. The Morgan fingerprint density at radius 1 is 0.367 bits per heavy atom. The van der Waals surface area contributed by atoms with Crippen molar-refractivity contribution in [2.45, 2.75) is 167 Å². The van der Waals surface area contributed by atoms with Crippen LogP contribution in [0.25, 0.3) is 0 Å². The lowest BCUT2D eigenvalue weighted by molar-refractivity contribution is 0.543. The van der Waals surface area contributed by atoms with E-state index in [2.05, 4.69) is 33.0 Å². The van der Waals surface area contributed by atoms with Gasteiger partial charge >= 0.3 is 0 Å². The minimum Gasteiger partial charge on any atom is -0.317 e. The van der Waals surface area contributed by atoms with Crippen LogP contribution < -0.4 is 5.32 Å². The van der Waals surface area contributed by atoms with Gasteiger partial charge in [0.2, 0.25) is 0 Å². The summed E-state index contributed by atoms with van der Waals surface area (Å²) < 4.78 is 0. The highest BCUT2D eigenvalue weighted by atomic mass is 27.1. The largest absolute Gasteiger partial charge is 0.317 e. The molecule has 0 aromatic rings. The average molecular weight is 439 g/mol. The number of rotatable bonds is 24. The highest BCUT2D eigenvalue weighted by Gasteiger charge is 1.94. The molecule has 181 valence electrons. The van der Waals surface area contributed by atoms with Gasteiger partial charge in [-0.05, 0) is 25.9 Å². The summed E-state index contributed by atoms with van der Waals surface area (Å²) >= 11 is 0.805. The molecule has 1 N–H and O–H groups in total. The highest BCUT2D eigenvalue weighted by Crippen LogP contribution is 2.07. The van der Waals surface area contributed by atoms with Crippen LogP contribution in [0.5, 0.6) is 0 Å². The number of unbranched alkanes of at least 4 members (excludes halogenated alkanes) is 16. The van der Waals surface area contributed by atoms with E-state index in [0.29, 0.717) is 0 Å². The van der Waals surface area contributed by atoms with E-state index in [1.165, 1.54) is 142 Å². The quantitative estimate of drug-likeness (QED) is 0.117. The Morgan fingerprint density at radius 2 is 0.667 bits per heavy atom. The third-order valence-corrected chi connectivity index (χ3v) is 7.57. The SMILES string of the molecule is CCCCCCCCNCCCCCCCC.CCCCC[CH2][Al][CH2]CCCCC. The zero-order valence-corrected chi connectivity index (χ0v) is 23.2. The second-order valence-corrected chi connectivity index (χ2v) is 11.0. The van der Waals surface area contributed by atoms with Crippen molar-refractivity contribution in [2.24, 2.45) is 0 Å². The number of hydrogen-bond acceptors (Lipinski definition) is 1. The van der Waals surface area contributed by atoms with Gasteiger partial charge in [-0.25, -0.2) is 0 Å². The minimum absolute atomic E-state index is 0.805. The molecule has 0 atom stereocenters. The van der Waals surface area contributed by atoms with Crippen LogP contribution in [-0.2, 0) is 0 Å². The van der Waals surface area contributed by atoms with Gasteiger partial charge in [0.25, 0.3) is 0 Å². The summed E-state index contributed by atoms with van der Waals surface area (Å²) in [5.74, 6) is 0. The summed E-state index contributed by atoms with van der Waals surface area (Å²) in [5.41, 5.74) is 0. The van der Waals surface area contributed by atoms with Crippen LogP contribution in [0.4, 0.5) is 0 Å². The van der Waals surface area contributed by atoms with Gasteiger partial charge < -0.3 is 5.32 Å². The van der Waals surface area contributed by atoms with Crippen LogP contribution in [0.15, 0.2) is 0 Å². The third-order valence-electron chi connectivity index (χ3n) is 5.94. The van der Waals surface area contributed by atoms with Gasteiger partial charge in [-0.1, -0.05) is 143 Å². The fraction of sp³-hybridized carbons (Fsp3) is 1.00. The molecule has 2 heteroatoms. The molecule has 0 saturated heterocycles. The van der Waals surface area contributed by atoms with Crippen molar-refractivity contribution >= 4 is 15.2 Å². The standard InChI is InChI=1S/C16H35N.2C6H13.Al/c1-3-5-7-9-11-13-15-17-16-14-12-10-8-6-4-2;2*1-3-5-6-4-2;/h17H,3-16H2,1-2H3;2*1,3-6H2,2H3;. The molecule has 1 nitrogen and oxygen atoms in total. The van der Waals surface area contributed by atoms with Crippen LogP contribution in [0, 0.1) is 0 Å². The molecule has 0 rings (SSSR count). The summed E-state index contributed by atoms with van der Waals surface area (Å²) in [7, 11) is 0. The van der Waals surface area contributed by atoms with E-state index in [1.54, 1.807) is 10.6 Å². The first kappa shape index (κ1) is 32.7. The van der Waals surface area contributed by atoms with Crippen LogP contribution in [-0.4, -0.2) is 28.3 Å². The van der Waals surface area contributed by atoms with Crippen molar-refractivity contribution in [1.82, 2.24) is 5.32 Å². The molecule has 0 fully saturated rings. The summed E-state index contributed by atoms with van der Waals surface area (Å²) in [6.45, 7) is 11.6. The Hall–Kier alpha value is 0.492. The molecule has 0 amide bonds. The molecular formula is C28H61AlN. The van der Waals surface area contributed by atoms with Gasteiger partial charge in [0, 0.05) is 0 Å². The molecule has 0 saturated carbocycles. The van der Waals surface area contributed by atoms with E-state index < -0.39 is 0 Å². The predicted molar refractivity (Wildman–Crippen MR) is 143 cm³/mol. The highest BCUT2D eigenvalue weighted by molar-refractivity contribution is 6.35. The van der Waals surface area contributed by atoms with E-state index in [-0.39, 0.29) is 0 Å². The zero-order chi connectivity index (χ0) is 22.4. The fourth-order valence-corrected chi connectivity index (χ4v) is 5.20. The van der Waals surface area contributed by atoms with E-state index in [9.17, 15) is 0 Å². The van der Waals surface area contributed by atoms with E-state index >= 15 is 0 Å². The maximum Gasteiger partial charge on any atom is 0.199 e. The molecule has 1 radical (unpaired) electrons. The first-order chi connectivity index (χ1) is 14.8. The van der Waals surface area contributed by atoms with Crippen molar-refractivity contribution in [1.29, 1.82) is 0 Å². The molecule has 0 spiro atoms. The minimum atomic E-state index is 0.805. The maximum atomic E-state index is 3.57. The van der Waals surface area contributed by atoms with Crippen molar-refractivity contribution in [3.63, 3.8) is 0 Å². The molecule has 0 heterocycles. The molecular weight excluding hydrogens is 377 g/mol. The van der Waals surface area contributed by atoms with Crippen molar-refractivity contribution in [2.75, 3.05) is 13.1 Å². The monoisotopic (exact) mass is 438 g/mol. The van der Waals surface area contributed by atoms with Gasteiger partial charge in [0.05, 0.1) is 0 Å². The Labute approximate surface area is 200 Å². The van der Waals surface area contributed by atoms with Gasteiger partial charge in [-0.15, -0.1) is 10.6 Å². The van der Waals surface area contributed by atoms with Gasteiger partial charge in [-0.2, -0.15) is 0 Å². The van der Waals surface area contributed by atoms with Gasteiger partial charge in [0.1, 0.15) is 0 Å². The second kappa shape index (κ2) is 34.1. The molecule has 0 aromatic heterocycles. The van der Waals surface area contributed by atoms with Crippen molar-refractivity contribution in [3.8, 4) is 0 Å². The molecule has 0 aliphatic carbocycles. The molecule has 0 aliphatic heterocycles. The van der Waals surface area contributed by atoms with Crippen LogP contribution in [0.3, 0.4) is 0 Å². The van der Waals surface area contributed by atoms with Crippen molar-refractivity contribution in [3.05, 3.63) is 0 Å². The first-order valence-corrected chi connectivity index (χ1v) is 16.0. The third kappa shape index (κ3) is 35.9.